The third kappa shape index (κ3) is 1.12. The van der Waals surface area contributed by atoms with Crippen LogP contribution in [-0.2, 0) is 0 Å². The summed E-state index contributed by atoms with van der Waals surface area (Å²) in [5, 5.41) is 10.1. The minimum Gasteiger partial charge on any atom is -0.384 e. The molecule has 0 bridgehead atoms. The van der Waals surface area contributed by atoms with Crippen LogP contribution in [0.15, 0.2) is 36.5 Å². The van der Waals surface area contributed by atoms with Crippen LogP contribution in [0.3, 0.4) is 0 Å². The van der Waals surface area contributed by atoms with Gasteiger partial charge in [0.05, 0.1) is 5.69 Å². The summed E-state index contributed by atoms with van der Waals surface area (Å²) in [4.78, 5) is 4.32. The summed E-state index contributed by atoms with van der Waals surface area (Å²) in [7, 11) is 0. The van der Waals surface area contributed by atoms with Gasteiger partial charge in [0.15, 0.2) is 0 Å². The number of aliphatic hydroxyl groups excluding tert-OH is 1. The fourth-order valence-electron chi connectivity index (χ4n) is 2.15. The second-order valence-corrected chi connectivity index (χ2v) is 3.93. The molecule has 15 heavy (non-hydrogen) atoms. The van der Waals surface area contributed by atoms with E-state index in [4.69, 9.17) is 0 Å². The SMILES string of the molecule is Cc1ccc2c(c1)C(O)c1cccnc1-2. The lowest BCUT2D eigenvalue weighted by atomic mass is 10.1. The quantitative estimate of drug-likeness (QED) is 0.703. The van der Waals surface area contributed by atoms with Crippen molar-refractivity contribution in [1.82, 2.24) is 4.98 Å². The number of benzene rings is 1. The van der Waals surface area contributed by atoms with Crippen molar-refractivity contribution in [3.8, 4) is 11.3 Å². The average Bonchev–Trinajstić information content (AvgIpc) is 2.54. The van der Waals surface area contributed by atoms with Crippen LogP contribution in [0.4, 0.5) is 0 Å². The highest BCUT2D eigenvalue weighted by Crippen LogP contribution is 2.41. The van der Waals surface area contributed by atoms with Crippen molar-refractivity contribution in [3.63, 3.8) is 0 Å². The number of aryl methyl sites for hydroxylation is 1. The van der Waals surface area contributed by atoms with Gasteiger partial charge >= 0.3 is 0 Å². The number of aliphatic hydroxyl groups is 1. The van der Waals surface area contributed by atoms with Gasteiger partial charge in [-0.15, -0.1) is 0 Å². The molecule has 74 valence electrons. The molecule has 1 N–H and O–H groups in total. The lowest BCUT2D eigenvalue weighted by molar-refractivity contribution is 0.225. The third-order valence-corrected chi connectivity index (χ3v) is 2.89. The Morgan fingerprint density at radius 2 is 2.07 bits per heavy atom. The van der Waals surface area contributed by atoms with Crippen LogP contribution in [0.5, 0.6) is 0 Å². The van der Waals surface area contributed by atoms with Crippen molar-refractivity contribution < 1.29 is 5.11 Å². The summed E-state index contributed by atoms with van der Waals surface area (Å²) < 4.78 is 0. The monoisotopic (exact) mass is 197 g/mol. The van der Waals surface area contributed by atoms with Crippen molar-refractivity contribution in [3.05, 3.63) is 53.2 Å². The predicted octanol–water partition coefficient (Wildman–Crippen LogP) is 2.45. The molecular formula is C13H11NO. The molecule has 0 saturated carbocycles. The summed E-state index contributed by atoms with van der Waals surface area (Å²) in [6.07, 6.45) is 1.25. The van der Waals surface area contributed by atoms with Crippen molar-refractivity contribution in [2.24, 2.45) is 0 Å². The molecular weight excluding hydrogens is 186 g/mol. The van der Waals surface area contributed by atoms with Crippen LogP contribution >= 0.6 is 0 Å². The fraction of sp³-hybridized carbons (Fsp3) is 0.154. The highest BCUT2D eigenvalue weighted by Gasteiger charge is 2.27. The van der Waals surface area contributed by atoms with Crippen molar-refractivity contribution in [2.45, 2.75) is 13.0 Å². The van der Waals surface area contributed by atoms with Gasteiger partial charge in [-0.3, -0.25) is 4.98 Å². The Hall–Kier alpha value is -1.67. The van der Waals surface area contributed by atoms with Crippen molar-refractivity contribution >= 4 is 0 Å². The maximum absolute atomic E-state index is 10.1. The van der Waals surface area contributed by atoms with E-state index in [9.17, 15) is 5.11 Å². The Balaban J connectivity index is 2.32. The molecule has 1 aliphatic rings. The average molecular weight is 197 g/mol. The molecule has 1 unspecified atom stereocenters. The van der Waals surface area contributed by atoms with Gasteiger partial charge in [0.1, 0.15) is 6.10 Å². The second kappa shape index (κ2) is 2.91. The lowest BCUT2D eigenvalue weighted by Gasteiger charge is -2.04. The normalized spacial score (nSPS) is 17.3. The van der Waals surface area contributed by atoms with E-state index in [0.29, 0.717) is 0 Å². The molecule has 1 heterocycles. The Bertz CT molecular complexity index is 534. The standard InChI is InChI=1S/C13H11NO/c1-8-4-5-9-11(7-8)13(15)10-3-2-6-14-12(9)10/h2-7,13,15H,1H3. The van der Waals surface area contributed by atoms with Crippen LogP contribution in [-0.4, -0.2) is 10.1 Å². The van der Waals surface area contributed by atoms with Gasteiger partial charge in [0.2, 0.25) is 0 Å². The van der Waals surface area contributed by atoms with Crippen LogP contribution in [0.1, 0.15) is 22.8 Å². The zero-order chi connectivity index (χ0) is 10.4. The number of hydrogen-bond acceptors (Lipinski definition) is 2. The first-order valence-corrected chi connectivity index (χ1v) is 5.01. The molecule has 0 aliphatic heterocycles. The first-order chi connectivity index (χ1) is 7.27. The molecule has 0 amide bonds. The van der Waals surface area contributed by atoms with Crippen LogP contribution < -0.4 is 0 Å². The highest BCUT2D eigenvalue weighted by molar-refractivity contribution is 5.75. The van der Waals surface area contributed by atoms with Crippen LogP contribution in [0.2, 0.25) is 0 Å². The summed E-state index contributed by atoms with van der Waals surface area (Å²) in [5.74, 6) is 0. The number of hydrogen-bond donors (Lipinski definition) is 1. The molecule has 3 rings (SSSR count). The van der Waals surface area contributed by atoms with Gasteiger partial charge in [-0.05, 0) is 18.6 Å². The smallest absolute Gasteiger partial charge is 0.107 e. The molecule has 1 aromatic heterocycles. The number of aromatic nitrogens is 1. The largest absolute Gasteiger partial charge is 0.384 e. The molecule has 2 nitrogen and oxygen atoms in total. The van der Waals surface area contributed by atoms with E-state index >= 15 is 0 Å². The number of pyridine rings is 1. The summed E-state index contributed by atoms with van der Waals surface area (Å²) in [6.45, 7) is 2.03. The van der Waals surface area contributed by atoms with Gasteiger partial charge in [-0.2, -0.15) is 0 Å². The summed E-state index contributed by atoms with van der Waals surface area (Å²) in [6, 6.07) is 9.91. The van der Waals surface area contributed by atoms with Crippen molar-refractivity contribution in [2.75, 3.05) is 0 Å². The molecule has 1 atom stereocenters. The van der Waals surface area contributed by atoms with Gasteiger partial charge in [-0.25, -0.2) is 0 Å². The molecule has 2 aromatic rings. The van der Waals surface area contributed by atoms with Gasteiger partial charge in [0.25, 0.3) is 0 Å². The lowest BCUT2D eigenvalue weighted by Crippen LogP contribution is -1.93. The van der Waals surface area contributed by atoms with Gasteiger partial charge in [-0.1, -0.05) is 29.8 Å². The fourth-order valence-corrected chi connectivity index (χ4v) is 2.15. The Morgan fingerprint density at radius 1 is 1.20 bits per heavy atom. The van der Waals surface area contributed by atoms with E-state index in [1.165, 1.54) is 5.56 Å². The molecule has 0 spiro atoms. The molecule has 2 heteroatoms. The Labute approximate surface area is 88.2 Å². The van der Waals surface area contributed by atoms with E-state index in [0.717, 1.165) is 22.4 Å². The Kier molecular flexibility index (Phi) is 1.67. The highest BCUT2D eigenvalue weighted by atomic mass is 16.3. The Morgan fingerprint density at radius 3 is 2.93 bits per heavy atom. The van der Waals surface area contributed by atoms with Gasteiger partial charge in [0, 0.05) is 17.3 Å². The molecule has 0 saturated heterocycles. The zero-order valence-electron chi connectivity index (χ0n) is 8.44. The van der Waals surface area contributed by atoms with E-state index in [-0.39, 0.29) is 0 Å². The van der Waals surface area contributed by atoms with E-state index in [2.05, 4.69) is 11.1 Å². The molecule has 0 fully saturated rings. The van der Waals surface area contributed by atoms with Gasteiger partial charge < -0.3 is 5.11 Å². The molecule has 1 aromatic carbocycles. The summed E-state index contributed by atoms with van der Waals surface area (Å²) >= 11 is 0. The number of rotatable bonds is 0. The zero-order valence-corrected chi connectivity index (χ0v) is 8.44. The van der Waals surface area contributed by atoms with E-state index in [1.54, 1.807) is 6.20 Å². The first kappa shape index (κ1) is 8.62. The number of nitrogens with zero attached hydrogens (tertiary/aromatic N) is 1. The minimum atomic E-state index is -0.511. The molecule has 1 aliphatic carbocycles. The van der Waals surface area contributed by atoms with Crippen LogP contribution in [0, 0.1) is 6.92 Å². The third-order valence-electron chi connectivity index (χ3n) is 2.89. The predicted molar refractivity (Wildman–Crippen MR) is 58.5 cm³/mol. The number of fused-ring (bicyclic) bond motifs is 3. The van der Waals surface area contributed by atoms with Crippen LogP contribution in [0.25, 0.3) is 11.3 Å². The summed E-state index contributed by atoms with van der Waals surface area (Å²) in [5.41, 5.74) is 5.03. The minimum absolute atomic E-state index is 0.511. The van der Waals surface area contributed by atoms with E-state index in [1.807, 2.05) is 31.2 Å². The topological polar surface area (TPSA) is 33.1 Å². The first-order valence-electron chi connectivity index (χ1n) is 5.01. The van der Waals surface area contributed by atoms with Crippen molar-refractivity contribution in [1.29, 1.82) is 0 Å². The maximum atomic E-state index is 10.1. The van der Waals surface area contributed by atoms with E-state index < -0.39 is 6.10 Å². The second-order valence-electron chi connectivity index (χ2n) is 3.93. The maximum Gasteiger partial charge on any atom is 0.107 e. The molecule has 0 radical (unpaired) electrons.